The van der Waals surface area contributed by atoms with E-state index >= 15 is 0 Å². The van der Waals surface area contributed by atoms with Gasteiger partial charge in [-0.3, -0.25) is 4.68 Å². The van der Waals surface area contributed by atoms with Crippen LogP contribution in [-0.2, 0) is 6.42 Å². The number of aliphatic hydroxyl groups is 2. The molecule has 16 heteroatoms. The average molecular weight is 721 g/mol. The molecule has 2 saturated heterocycles. The van der Waals surface area contributed by atoms with Crippen molar-refractivity contribution >= 4 is 46.4 Å². The molecule has 0 radical (unpaired) electrons. The van der Waals surface area contributed by atoms with Crippen LogP contribution >= 0.6 is 11.6 Å². The standard InChI is InChI=1S/C35H49ClN12O3/c1-4-21-17-38-48(18-21)26-16-25(30(49)31(26)50)47-20-37-29-32(39-22(5-2)6-3)43-34(44-33(29)47)46-15-12-24(19-46)41-35(51)40-23-10-13-45(14-11-23)28-9-7-8-27(36)42-28/h7-9,17-18,20,22-26,30-31,49-50H,4-6,10-16,19H2,1-3H3,(H,39,43,44)(H2,40,41,51)/t24-,25+,26-,30-,31+/m0/s1. The third kappa shape index (κ3) is 7.42. The van der Waals surface area contributed by atoms with Gasteiger partial charge in [-0.1, -0.05) is 38.4 Å². The van der Waals surface area contributed by atoms with Crippen LogP contribution in [0.4, 0.5) is 22.4 Å². The molecule has 3 aliphatic rings. The SMILES string of the molecule is CCc1cnn([C@H]2C[C@@H](n3cnc4c(NC(CC)CC)nc(N5CC[C@H](NC(=O)NC6CCN(c7cccc(Cl)n7)CC6)C5)nc43)[C@H](O)[C@@H]2O)c1. The highest BCUT2D eigenvalue weighted by atomic mass is 35.5. The summed E-state index contributed by atoms with van der Waals surface area (Å²) in [6.45, 7) is 9.15. The molecule has 5 N–H and O–H groups in total. The number of nitrogens with one attached hydrogen (secondary N) is 3. The lowest BCUT2D eigenvalue weighted by Gasteiger charge is -2.33. The Morgan fingerprint density at radius 1 is 0.961 bits per heavy atom. The number of rotatable bonds is 11. The van der Waals surface area contributed by atoms with Crippen LogP contribution in [0.3, 0.4) is 0 Å². The number of aromatic nitrogens is 7. The van der Waals surface area contributed by atoms with Gasteiger partial charge in [0.1, 0.15) is 23.2 Å². The fourth-order valence-electron chi connectivity index (χ4n) is 7.64. The van der Waals surface area contributed by atoms with Crippen molar-refractivity contribution in [3.8, 4) is 0 Å². The Kier molecular flexibility index (Phi) is 10.5. The largest absolute Gasteiger partial charge is 0.388 e. The van der Waals surface area contributed by atoms with Gasteiger partial charge in [0.25, 0.3) is 0 Å². The molecule has 274 valence electrons. The second-order valence-corrected chi connectivity index (χ2v) is 14.4. The van der Waals surface area contributed by atoms with Crippen molar-refractivity contribution in [3.63, 3.8) is 0 Å². The van der Waals surface area contributed by atoms with E-state index in [1.165, 1.54) is 0 Å². The summed E-state index contributed by atoms with van der Waals surface area (Å²) in [5.74, 6) is 2.04. The number of hydrogen-bond donors (Lipinski definition) is 5. The predicted molar refractivity (Wildman–Crippen MR) is 196 cm³/mol. The molecular weight excluding hydrogens is 672 g/mol. The summed E-state index contributed by atoms with van der Waals surface area (Å²) in [4.78, 5) is 36.5. The van der Waals surface area contributed by atoms with E-state index in [0.29, 0.717) is 47.6 Å². The van der Waals surface area contributed by atoms with Crippen molar-refractivity contribution in [2.24, 2.45) is 0 Å². The van der Waals surface area contributed by atoms with Gasteiger partial charge >= 0.3 is 6.03 Å². The monoisotopic (exact) mass is 720 g/mol. The summed E-state index contributed by atoms with van der Waals surface area (Å²) in [6, 6.07) is 4.82. The lowest BCUT2D eigenvalue weighted by Crippen LogP contribution is -2.50. The third-order valence-corrected chi connectivity index (χ3v) is 11.0. The second-order valence-electron chi connectivity index (χ2n) is 14.0. The van der Waals surface area contributed by atoms with Crippen LogP contribution in [0.25, 0.3) is 11.2 Å². The minimum absolute atomic E-state index is 0.0740. The van der Waals surface area contributed by atoms with Crippen LogP contribution in [0, 0.1) is 0 Å². The Labute approximate surface area is 302 Å². The molecule has 3 fully saturated rings. The lowest BCUT2D eigenvalue weighted by atomic mass is 10.1. The van der Waals surface area contributed by atoms with Crippen molar-refractivity contribution in [3.05, 3.63) is 47.6 Å². The lowest BCUT2D eigenvalue weighted by molar-refractivity contribution is 0.00721. The molecular formula is C35H49ClN12O3. The highest BCUT2D eigenvalue weighted by molar-refractivity contribution is 6.29. The number of carbonyl (C=O) groups is 1. The topological polar surface area (TPSA) is 174 Å². The van der Waals surface area contributed by atoms with E-state index in [4.69, 9.17) is 26.6 Å². The summed E-state index contributed by atoms with van der Waals surface area (Å²) in [6.07, 6.45) is 8.94. The summed E-state index contributed by atoms with van der Waals surface area (Å²) >= 11 is 6.08. The fraction of sp³-hybridized carbons (Fsp3) is 0.600. The first-order valence-corrected chi connectivity index (χ1v) is 18.7. The zero-order chi connectivity index (χ0) is 35.6. The number of halogens is 1. The van der Waals surface area contributed by atoms with E-state index in [0.717, 1.165) is 63.0 Å². The maximum atomic E-state index is 13.1. The van der Waals surface area contributed by atoms with E-state index in [1.807, 2.05) is 22.9 Å². The van der Waals surface area contributed by atoms with Crippen LogP contribution in [0.5, 0.6) is 0 Å². The zero-order valence-corrected chi connectivity index (χ0v) is 30.2. The van der Waals surface area contributed by atoms with Crippen LogP contribution in [0.15, 0.2) is 36.9 Å². The predicted octanol–water partition coefficient (Wildman–Crippen LogP) is 3.69. The van der Waals surface area contributed by atoms with E-state index in [-0.39, 0.29) is 30.2 Å². The first kappa shape index (κ1) is 35.2. The summed E-state index contributed by atoms with van der Waals surface area (Å²) in [7, 11) is 0. The molecule has 51 heavy (non-hydrogen) atoms. The van der Waals surface area contributed by atoms with Gasteiger partial charge in [0.05, 0.1) is 24.6 Å². The number of piperidine rings is 1. The summed E-state index contributed by atoms with van der Waals surface area (Å²) < 4.78 is 3.64. The minimum atomic E-state index is -1.03. The highest BCUT2D eigenvalue weighted by Gasteiger charge is 2.44. The molecule has 0 unspecified atom stereocenters. The van der Waals surface area contributed by atoms with Gasteiger partial charge in [0.2, 0.25) is 5.95 Å². The van der Waals surface area contributed by atoms with Crippen LogP contribution in [-0.4, -0.2) is 107 Å². The quantitative estimate of drug-likeness (QED) is 0.143. The smallest absolute Gasteiger partial charge is 0.315 e. The van der Waals surface area contributed by atoms with Gasteiger partial charge in [-0.25, -0.2) is 14.8 Å². The number of anilines is 3. The number of urea groups is 1. The number of fused-ring (bicyclic) bond motifs is 1. The van der Waals surface area contributed by atoms with Crippen LogP contribution in [0.2, 0.25) is 5.15 Å². The van der Waals surface area contributed by atoms with Crippen LogP contribution in [0.1, 0.15) is 76.9 Å². The molecule has 6 heterocycles. The number of nitrogens with zero attached hydrogens (tertiary/aromatic N) is 9. The first-order chi connectivity index (χ1) is 24.7. The number of amides is 2. The van der Waals surface area contributed by atoms with Crippen molar-refractivity contribution in [1.82, 2.24) is 44.9 Å². The average Bonchev–Trinajstić information content (AvgIpc) is 3.95. The van der Waals surface area contributed by atoms with Crippen LogP contribution < -0.4 is 25.8 Å². The van der Waals surface area contributed by atoms with Gasteiger partial charge in [-0.15, -0.1) is 0 Å². The third-order valence-electron chi connectivity index (χ3n) is 10.8. The second kappa shape index (κ2) is 15.2. The molecule has 2 aliphatic heterocycles. The van der Waals surface area contributed by atoms with Gasteiger partial charge in [0, 0.05) is 50.5 Å². The molecule has 0 spiro atoms. The Balaban J connectivity index is 1.04. The zero-order valence-electron chi connectivity index (χ0n) is 29.5. The molecule has 7 rings (SSSR count). The number of aryl methyl sites for hydroxylation is 1. The molecule has 0 aromatic carbocycles. The number of pyridine rings is 1. The molecule has 1 aliphatic carbocycles. The maximum absolute atomic E-state index is 13.1. The normalized spacial score (nSPS) is 24.2. The fourth-order valence-corrected chi connectivity index (χ4v) is 7.80. The van der Waals surface area contributed by atoms with Gasteiger partial charge < -0.3 is 40.5 Å². The first-order valence-electron chi connectivity index (χ1n) is 18.3. The van der Waals surface area contributed by atoms with E-state index in [9.17, 15) is 15.0 Å². The number of imidazole rings is 1. The van der Waals surface area contributed by atoms with Crippen molar-refractivity contribution in [2.45, 2.75) is 108 Å². The number of aliphatic hydroxyl groups excluding tert-OH is 2. The van der Waals surface area contributed by atoms with Gasteiger partial charge in [-0.05, 0) is 62.6 Å². The summed E-state index contributed by atoms with van der Waals surface area (Å²) in [5, 5.41) is 37.3. The van der Waals surface area contributed by atoms with Crippen molar-refractivity contribution in [1.29, 1.82) is 0 Å². The van der Waals surface area contributed by atoms with Crippen molar-refractivity contribution < 1.29 is 15.0 Å². The molecule has 1 saturated carbocycles. The van der Waals surface area contributed by atoms with E-state index < -0.39 is 18.2 Å². The molecule has 2 amide bonds. The molecule has 4 aromatic heterocycles. The number of carbonyl (C=O) groups excluding carboxylic acids is 1. The number of hydrogen-bond acceptors (Lipinski definition) is 11. The Morgan fingerprint density at radius 2 is 1.69 bits per heavy atom. The van der Waals surface area contributed by atoms with Gasteiger partial charge in [0.15, 0.2) is 17.0 Å². The Morgan fingerprint density at radius 3 is 2.41 bits per heavy atom. The maximum Gasteiger partial charge on any atom is 0.315 e. The van der Waals surface area contributed by atoms with Crippen molar-refractivity contribution in [2.75, 3.05) is 41.3 Å². The molecule has 5 atom stereocenters. The molecule has 15 nitrogen and oxygen atoms in total. The highest BCUT2D eigenvalue weighted by Crippen LogP contribution is 2.40. The van der Waals surface area contributed by atoms with E-state index in [2.05, 4.69) is 56.6 Å². The Hall–Kier alpha value is -4.21. The van der Waals surface area contributed by atoms with E-state index in [1.54, 1.807) is 23.3 Å². The Bertz CT molecular complexity index is 1810. The van der Waals surface area contributed by atoms with Gasteiger partial charge in [-0.2, -0.15) is 15.1 Å². The minimum Gasteiger partial charge on any atom is -0.388 e. The summed E-state index contributed by atoms with van der Waals surface area (Å²) in [5.41, 5.74) is 2.29. The molecule has 0 bridgehead atoms. The molecule has 4 aromatic rings.